The minimum atomic E-state index is -1.25. The molecule has 2 unspecified atom stereocenters. The number of carbonyl (C=O) groups is 2. The molecule has 1 amide bonds. The van der Waals surface area contributed by atoms with Crippen LogP contribution < -0.4 is 0 Å². The maximum atomic E-state index is 12.9. The second-order valence-electron chi connectivity index (χ2n) is 7.20. The maximum absolute atomic E-state index is 12.9. The third-order valence-corrected chi connectivity index (χ3v) is 6.11. The average Bonchev–Trinajstić information content (AvgIpc) is 3.36. The molecule has 2 bridgehead atoms. The van der Waals surface area contributed by atoms with Gasteiger partial charge in [-0.25, -0.2) is 9.78 Å². The van der Waals surface area contributed by atoms with E-state index in [1.54, 1.807) is 5.38 Å². The van der Waals surface area contributed by atoms with Crippen LogP contribution in [0.4, 0.5) is 0 Å². The monoisotopic (exact) mass is 372 g/mol. The van der Waals surface area contributed by atoms with E-state index in [1.807, 2.05) is 12.1 Å². The van der Waals surface area contributed by atoms with Gasteiger partial charge in [-0.05, 0) is 11.5 Å². The van der Waals surface area contributed by atoms with Crippen LogP contribution in [0.15, 0.2) is 29.6 Å². The molecule has 0 radical (unpaired) electrons. The van der Waals surface area contributed by atoms with Crippen molar-refractivity contribution in [3.63, 3.8) is 0 Å². The van der Waals surface area contributed by atoms with Gasteiger partial charge in [-0.2, -0.15) is 0 Å². The first-order chi connectivity index (χ1) is 12.4. The van der Waals surface area contributed by atoms with Gasteiger partial charge in [0.2, 0.25) is 0 Å². The number of amides is 1. The lowest BCUT2D eigenvalue weighted by Gasteiger charge is -2.34. The SMILES string of the molecule is CC(C)c1ccc(-c2nc(C(=O)N3CC4CC3(C(=O)O)CO4)cs2)cc1. The highest BCUT2D eigenvalue weighted by molar-refractivity contribution is 7.13. The molecule has 2 aliphatic rings. The lowest BCUT2D eigenvalue weighted by Crippen LogP contribution is -2.56. The second kappa shape index (κ2) is 6.17. The van der Waals surface area contributed by atoms with Crippen molar-refractivity contribution < 1.29 is 19.4 Å². The van der Waals surface area contributed by atoms with Gasteiger partial charge < -0.3 is 14.7 Å². The summed E-state index contributed by atoms with van der Waals surface area (Å²) in [7, 11) is 0. The number of aliphatic carboxylic acids is 1. The average molecular weight is 372 g/mol. The van der Waals surface area contributed by atoms with Crippen molar-refractivity contribution in [1.29, 1.82) is 0 Å². The van der Waals surface area contributed by atoms with Crippen LogP contribution >= 0.6 is 11.3 Å². The van der Waals surface area contributed by atoms with Gasteiger partial charge in [-0.1, -0.05) is 38.1 Å². The second-order valence-corrected chi connectivity index (χ2v) is 8.06. The zero-order chi connectivity index (χ0) is 18.5. The number of hydrogen-bond acceptors (Lipinski definition) is 5. The number of carbonyl (C=O) groups excluding carboxylic acids is 1. The molecule has 1 N–H and O–H groups in total. The Kier molecular flexibility index (Phi) is 4.08. The third kappa shape index (κ3) is 2.62. The zero-order valence-electron chi connectivity index (χ0n) is 14.6. The van der Waals surface area contributed by atoms with Crippen molar-refractivity contribution in [2.24, 2.45) is 0 Å². The van der Waals surface area contributed by atoms with Gasteiger partial charge in [0.15, 0.2) is 5.54 Å². The number of aromatic nitrogens is 1. The highest BCUT2D eigenvalue weighted by atomic mass is 32.1. The van der Waals surface area contributed by atoms with Gasteiger partial charge >= 0.3 is 5.97 Å². The first-order valence-electron chi connectivity index (χ1n) is 8.63. The van der Waals surface area contributed by atoms with Crippen molar-refractivity contribution in [3.05, 3.63) is 40.9 Å². The summed E-state index contributed by atoms with van der Waals surface area (Å²) >= 11 is 1.39. The molecule has 7 heteroatoms. The van der Waals surface area contributed by atoms with Gasteiger partial charge in [0, 0.05) is 23.9 Å². The fourth-order valence-corrected chi connectivity index (χ4v) is 4.43. The van der Waals surface area contributed by atoms with Crippen molar-refractivity contribution in [2.75, 3.05) is 13.2 Å². The smallest absolute Gasteiger partial charge is 0.332 e. The molecule has 26 heavy (non-hydrogen) atoms. The maximum Gasteiger partial charge on any atom is 0.332 e. The Morgan fingerprint density at radius 1 is 1.35 bits per heavy atom. The first-order valence-corrected chi connectivity index (χ1v) is 9.51. The normalized spacial score (nSPS) is 24.4. The molecule has 2 fully saturated rings. The third-order valence-electron chi connectivity index (χ3n) is 5.22. The van der Waals surface area contributed by atoms with E-state index in [4.69, 9.17) is 4.74 Å². The van der Waals surface area contributed by atoms with E-state index < -0.39 is 11.5 Å². The highest BCUT2D eigenvalue weighted by Gasteiger charge is 2.59. The molecular formula is C19H20N2O4S. The number of likely N-dealkylation sites (tertiary alicyclic amines) is 1. The number of benzene rings is 1. The summed E-state index contributed by atoms with van der Waals surface area (Å²) in [6.07, 6.45) is 0.151. The largest absolute Gasteiger partial charge is 0.479 e. The molecule has 0 aliphatic carbocycles. The Balaban J connectivity index is 1.58. The topological polar surface area (TPSA) is 79.7 Å². The van der Waals surface area contributed by atoms with Gasteiger partial charge in [0.05, 0.1) is 12.7 Å². The predicted octanol–water partition coefficient (Wildman–Crippen LogP) is 3.00. The van der Waals surface area contributed by atoms with E-state index in [9.17, 15) is 14.7 Å². The number of carboxylic acids is 1. The Morgan fingerprint density at radius 3 is 2.69 bits per heavy atom. The Hall–Kier alpha value is -2.25. The number of nitrogens with zero attached hydrogens (tertiary/aromatic N) is 2. The Morgan fingerprint density at radius 2 is 2.08 bits per heavy atom. The summed E-state index contributed by atoms with van der Waals surface area (Å²) in [5.41, 5.74) is 1.26. The van der Waals surface area contributed by atoms with Crippen LogP contribution in [0, 0.1) is 0 Å². The minimum Gasteiger partial charge on any atom is -0.479 e. The summed E-state index contributed by atoms with van der Waals surface area (Å²) in [5.74, 6) is -0.887. The summed E-state index contributed by atoms with van der Waals surface area (Å²) in [4.78, 5) is 30.5. The molecule has 2 aliphatic heterocycles. The predicted molar refractivity (Wildman–Crippen MR) is 97.4 cm³/mol. The molecule has 6 nitrogen and oxygen atoms in total. The summed E-state index contributed by atoms with van der Waals surface area (Å²) in [6.45, 7) is 4.63. The molecule has 3 heterocycles. The van der Waals surface area contributed by atoms with E-state index in [-0.39, 0.29) is 18.6 Å². The number of ether oxygens (including phenoxy) is 1. The molecule has 136 valence electrons. The van der Waals surface area contributed by atoms with Crippen LogP contribution in [0.2, 0.25) is 0 Å². The van der Waals surface area contributed by atoms with Crippen molar-refractivity contribution in [3.8, 4) is 10.6 Å². The molecular weight excluding hydrogens is 352 g/mol. The number of thiazole rings is 1. The van der Waals surface area contributed by atoms with Crippen molar-refractivity contribution in [2.45, 2.75) is 37.8 Å². The lowest BCUT2D eigenvalue weighted by molar-refractivity contribution is -0.150. The van der Waals surface area contributed by atoms with Crippen LogP contribution in [0.25, 0.3) is 10.6 Å². The molecule has 0 saturated carbocycles. The fraction of sp³-hybridized carbons (Fsp3) is 0.421. The highest BCUT2D eigenvalue weighted by Crippen LogP contribution is 2.39. The quantitative estimate of drug-likeness (QED) is 0.892. The van der Waals surface area contributed by atoms with Gasteiger partial charge in [-0.3, -0.25) is 4.79 Å². The standard InChI is InChI=1S/C19H20N2O4S/c1-11(2)12-3-5-13(6-4-12)16-20-15(9-26-16)17(22)21-8-14-7-19(21,10-25-14)18(23)24/h3-6,9,11,14H,7-8,10H2,1-2H3,(H,23,24). The van der Waals surface area contributed by atoms with Gasteiger partial charge in [0.1, 0.15) is 10.7 Å². The number of hydrogen-bond donors (Lipinski definition) is 1. The lowest BCUT2D eigenvalue weighted by atomic mass is 9.99. The minimum absolute atomic E-state index is 0.0480. The molecule has 1 aromatic carbocycles. The van der Waals surface area contributed by atoms with Crippen molar-refractivity contribution >= 4 is 23.2 Å². The van der Waals surface area contributed by atoms with Gasteiger partial charge in [0.25, 0.3) is 5.91 Å². The van der Waals surface area contributed by atoms with E-state index >= 15 is 0 Å². The summed E-state index contributed by atoms with van der Waals surface area (Å²) < 4.78 is 5.45. The molecule has 2 aromatic rings. The molecule has 4 rings (SSSR count). The van der Waals surface area contributed by atoms with Crippen molar-refractivity contribution in [1.82, 2.24) is 9.88 Å². The number of carboxylic acid groups (broad SMARTS) is 1. The molecule has 2 atom stereocenters. The van der Waals surface area contributed by atoms with E-state index in [0.29, 0.717) is 24.6 Å². The number of fused-ring (bicyclic) bond motifs is 2. The van der Waals surface area contributed by atoms with Crippen LogP contribution in [-0.4, -0.2) is 51.7 Å². The molecule has 0 spiro atoms. The van der Waals surface area contributed by atoms with E-state index in [1.165, 1.54) is 21.8 Å². The molecule has 2 saturated heterocycles. The number of morpholine rings is 1. The summed E-state index contributed by atoms with van der Waals surface area (Å²) in [5, 5.41) is 12.1. The van der Waals surface area contributed by atoms with Gasteiger partial charge in [-0.15, -0.1) is 11.3 Å². The molecule has 1 aromatic heterocycles. The number of rotatable bonds is 4. The fourth-order valence-electron chi connectivity index (χ4n) is 3.63. The zero-order valence-corrected chi connectivity index (χ0v) is 15.5. The van der Waals surface area contributed by atoms with Crippen LogP contribution in [0.3, 0.4) is 0 Å². The van der Waals surface area contributed by atoms with Crippen LogP contribution in [-0.2, 0) is 9.53 Å². The van der Waals surface area contributed by atoms with E-state index in [2.05, 4.69) is 31.0 Å². The summed E-state index contributed by atoms with van der Waals surface area (Å²) in [6, 6.07) is 8.15. The Bertz CT molecular complexity index is 861. The van der Waals surface area contributed by atoms with Crippen LogP contribution in [0.5, 0.6) is 0 Å². The Labute approximate surface area is 155 Å². The first kappa shape index (κ1) is 17.2. The van der Waals surface area contributed by atoms with E-state index in [0.717, 1.165) is 10.6 Å². The van der Waals surface area contributed by atoms with Crippen LogP contribution in [0.1, 0.15) is 42.2 Å².